The van der Waals surface area contributed by atoms with Crippen LogP contribution in [0.5, 0.6) is 17.2 Å². The highest BCUT2D eigenvalue weighted by Crippen LogP contribution is 2.29. The summed E-state index contributed by atoms with van der Waals surface area (Å²) in [7, 11) is 3.04. The third-order valence-electron chi connectivity index (χ3n) is 3.70. The number of nitrogens with one attached hydrogen (secondary N) is 1. The van der Waals surface area contributed by atoms with Gasteiger partial charge in [0.1, 0.15) is 17.2 Å². The summed E-state index contributed by atoms with van der Waals surface area (Å²) in [6, 6.07) is 10.1. The van der Waals surface area contributed by atoms with Crippen molar-refractivity contribution in [3.63, 3.8) is 0 Å². The minimum Gasteiger partial charge on any atom is -0.497 e. The van der Waals surface area contributed by atoms with Crippen molar-refractivity contribution in [3.8, 4) is 17.2 Å². The lowest BCUT2D eigenvalue weighted by atomic mass is 10.1. The predicted octanol–water partition coefficient (Wildman–Crippen LogP) is 3.88. The monoisotopic (exact) mass is 397 g/mol. The van der Waals surface area contributed by atoms with Gasteiger partial charge in [-0.1, -0.05) is 12.1 Å². The third-order valence-corrected chi connectivity index (χ3v) is 3.70. The van der Waals surface area contributed by atoms with Gasteiger partial charge in [-0.05, 0) is 30.7 Å². The van der Waals surface area contributed by atoms with Crippen molar-refractivity contribution in [1.82, 2.24) is 0 Å². The molecule has 2 aromatic rings. The molecule has 0 amide bonds. The Morgan fingerprint density at radius 3 is 2.46 bits per heavy atom. The molecule has 0 fully saturated rings. The number of halogens is 3. The van der Waals surface area contributed by atoms with Gasteiger partial charge in [0.2, 0.25) is 0 Å². The van der Waals surface area contributed by atoms with Gasteiger partial charge in [0.15, 0.2) is 12.6 Å². The molecule has 0 atom stereocenters. The summed E-state index contributed by atoms with van der Waals surface area (Å²) in [5.74, 6) is 1.31. The van der Waals surface area contributed by atoms with E-state index in [-0.39, 0.29) is 18.3 Å². The van der Waals surface area contributed by atoms with Gasteiger partial charge in [0, 0.05) is 11.6 Å². The zero-order valence-corrected chi connectivity index (χ0v) is 15.8. The zero-order chi connectivity index (χ0) is 20.7. The Balaban J connectivity index is 2.15. The van der Waals surface area contributed by atoms with E-state index in [1.165, 1.54) is 20.3 Å². The van der Waals surface area contributed by atoms with Crippen LogP contribution in [0.1, 0.15) is 11.1 Å². The summed E-state index contributed by atoms with van der Waals surface area (Å²) in [5, 5.41) is 2.90. The van der Waals surface area contributed by atoms with Crippen LogP contribution < -0.4 is 25.3 Å². The number of guanidine groups is 1. The zero-order valence-electron chi connectivity index (χ0n) is 15.8. The van der Waals surface area contributed by atoms with Crippen LogP contribution in [-0.2, 0) is 6.54 Å². The Kier molecular flexibility index (Phi) is 6.97. The Bertz CT molecular complexity index is 839. The van der Waals surface area contributed by atoms with Crippen molar-refractivity contribution in [2.24, 2.45) is 10.7 Å². The largest absolute Gasteiger partial charge is 0.497 e. The number of benzene rings is 2. The molecule has 0 aliphatic rings. The second-order valence-corrected chi connectivity index (χ2v) is 5.91. The first-order chi connectivity index (χ1) is 13.2. The molecule has 6 nitrogen and oxygen atoms in total. The maximum atomic E-state index is 12.5. The van der Waals surface area contributed by atoms with Crippen molar-refractivity contribution in [2.45, 2.75) is 19.6 Å². The van der Waals surface area contributed by atoms with E-state index in [4.69, 9.17) is 19.9 Å². The summed E-state index contributed by atoms with van der Waals surface area (Å²) in [6.07, 6.45) is -4.42. The second kappa shape index (κ2) is 9.20. The number of aliphatic imine (C=N–C) groups is 1. The lowest BCUT2D eigenvalue weighted by Gasteiger charge is -2.14. The minimum atomic E-state index is -4.42. The fraction of sp³-hybridized carbons (Fsp3) is 0.316. The minimum absolute atomic E-state index is 0.0403. The summed E-state index contributed by atoms with van der Waals surface area (Å²) in [5.41, 5.74) is 7.71. The molecule has 0 saturated carbocycles. The molecule has 2 aromatic carbocycles. The summed E-state index contributed by atoms with van der Waals surface area (Å²) in [4.78, 5) is 4.18. The number of ether oxygens (including phenoxy) is 3. The van der Waals surface area contributed by atoms with Crippen LogP contribution in [0.3, 0.4) is 0 Å². The van der Waals surface area contributed by atoms with Crippen LogP contribution in [0.25, 0.3) is 0 Å². The smallest absolute Gasteiger partial charge is 0.422 e. The number of rotatable bonds is 7. The number of alkyl halides is 3. The molecule has 2 rings (SSSR count). The highest BCUT2D eigenvalue weighted by Gasteiger charge is 2.28. The van der Waals surface area contributed by atoms with Gasteiger partial charge in [0.25, 0.3) is 0 Å². The number of nitrogens with zero attached hydrogens (tertiary/aromatic N) is 1. The molecule has 0 spiro atoms. The molecule has 28 heavy (non-hydrogen) atoms. The summed E-state index contributed by atoms with van der Waals surface area (Å²) < 4.78 is 52.7. The fourth-order valence-electron chi connectivity index (χ4n) is 2.35. The Labute approximate surface area is 161 Å². The van der Waals surface area contributed by atoms with E-state index in [9.17, 15) is 13.2 Å². The molecule has 0 radical (unpaired) electrons. The molecular weight excluding hydrogens is 375 g/mol. The fourth-order valence-corrected chi connectivity index (χ4v) is 2.35. The van der Waals surface area contributed by atoms with Gasteiger partial charge in [-0.25, -0.2) is 4.99 Å². The quantitative estimate of drug-likeness (QED) is 0.548. The Morgan fingerprint density at radius 2 is 1.82 bits per heavy atom. The van der Waals surface area contributed by atoms with Gasteiger partial charge in [-0.2, -0.15) is 13.2 Å². The van der Waals surface area contributed by atoms with E-state index in [0.29, 0.717) is 22.7 Å². The van der Waals surface area contributed by atoms with E-state index < -0.39 is 12.8 Å². The first-order valence-electron chi connectivity index (χ1n) is 8.30. The topological polar surface area (TPSA) is 78.1 Å². The summed E-state index contributed by atoms with van der Waals surface area (Å²) in [6.45, 7) is 0.430. The Morgan fingerprint density at radius 1 is 1.07 bits per heavy atom. The molecule has 152 valence electrons. The first-order valence-corrected chi connectivity index (χ1v) is 8.30. The SMILES string of the molecule is COc1ccc(OC)c(NC(N)=NCc2ccc(C)cc2OCC(F)(F)F)c1. The van der Waals surface area contributed by atoms with Crippen molar-refractivity contribution < 1.29 is 27.4 Å². The average molecular weight is 397 g/mol. The van der Waals surface area contributed by atoms with Crippen LogP contribution in [-0.4, -0.2) is 33.0 Å². The molecule has 0 unspecified atom stereocenters. The van der Waals surface area contributed by atoms with Crippen molar-refractivity contribution in [2.75, 3.05) is 26.1 Å². The predicted molar refractivity (Wildman–Crippen MR) is 101 cm³/mol. The molecule has 0 aromatic heterocycles. The maximum Gasteiger partial charge on any atom is 0.422 e. The number of methoxy groups -OCH3 is 2. The molecule has 0 heterocycles. The van der Waals surface area contributed by atoms with E-state index in [2.05, 4.69) is 10.3 Å². The lowest BCUT2D eigenvalue weighted by Crippen LogP contribution is -2.23. The number of nitrogens with two attached hydrogens (primary N) is 1. The van der Waals surface area contributed by atoms with Gasteiger partial charge in [-0.3, -0.25) is 0 Å². The van der Waals surface area contributed by atoms with Gasteiger partial charge < -0.3 is 25.3 Å². The second-order valence-electron chi connectivity index (χ2n) is 5.91. The molecule has 9 heteroatoms. The molecular formula is C19H22F3N3O3. The normalized spacial score (nSPS) is 11.9. The number of hydrogen-bond donors (Lipinski definition) is 2. The molecule has 0 aliphatic carbocycles. The number of hydrogen-bond acceptors (Lipinski definition) is 4. The lowest BCUT2D eigenvalue weighted by molar-refractivity contribution is -0.153. The van der Waals surface area contributed by atoms with Gasteiger partial charge in [0.05, 0.1) is 26.5 Å². The van der Waals surface area contributed by atoms with Gasteiger partial charge in [-0.15, -0.1) is 0 Å². The van der Waals surface area contributed by atoms with E-state index in [1.54, 1.807) is 37.3 Å². The molecule has 0 saturated heterocycles. The van der Waals surface area contributed by atoms with Gasteiger partial charge >= 0.3 is 6.18 Å². The van der Waals surface area contributed by atoms with E-state index in [1.807, 2.05) is 0 Å². The molecule has 0 bridgehead atoms. The van der Waals surface area contributed by atoms with Crippen LogP contribution in [0.4, 0.5) is 18.9 Å². The highest BCUT2D eigenvalue weighted by molar-refractivity contribution is 5.94. The average Bonchev–Trinajstić information content (AvgIpc) is 2.64. The molecule has 3 N–H and O–H groups in total. The van der Waals surface area contributed by atoms with Crippen LogP contribution in [0.2, 0.25) is 0 Å². The standard InChI is InChI=1S/C19H22F3N3O3/c1-12-4-5-13(17(8-12)28-11-19(20,21)22)10-24-18(23)25-15-9-14(26-2)6-7-16(15)27-3/h4-9H,10-11H2,1-3H3,(H3,23,24,25). The number of anilines is 1. The van der Waals surface area contributed by atoms with Crippen LogP contribution >= 0.6 is 0 Å². The maximum absolute atomic E-state index is 12.5. The number of aryl methyl sites for hydroxylation is 1. The van der Waals surface area contributed by atoms with E-state index >= 15 is 0 Å². The summed E-state index contributed by atoms with van der Waals surface area (Å²) >= 11 is 0. The highest BCUT2D eigenvalue weighted by atomic mass is 19.4. The Hall–Kier alpha value is -3.10. The van der Waals surface area contributed by atoms with Crippen LogP contribution in [0, 0.1) is 6.92 Å². The van der Waals surface area contributed by atoms with Crippen LogP contribution in [0.15, 0.2) is 41.4 Å². The van der Waals surface area contributed by atoms with Crippen molar-refractivity contribution in [1.29, 1.82) is 0 Å². The first kappa shape index (κ1) is 21.2. The van der Waals surface area contributed by atoms with E-state index in [0.717, 1.165) is 5.56 Å². The van der Waals surface area contributed by atoms with Crippen molar-refractivity contribution in [3.05, 3.63) is 47.5 Å². The molecule has 0 aliphatic heterocycles. The third kappa shape index (κ3) is 6.26. The van der Waals surface area contributed by atoms with Crippen molar-refractivity contribution >= 4 is 11.6 Å².